The third-order valence-corrected chi connectivity index (χ3v) is 6.14. The molecule has 0 radical (unpaired) electrons. The zero-order chi connectivity index (χ0) is 19.7. The number of hydrogen-bond acceptors (Lipinski definition) is 2. The smallest absolute Gasteiger partial charge is 0.167 e. The standard InChI is InChI=1S/C24H16Br2O2/c25-18-14-8-7-13-17(18)21-22(26)19(15-9-3-1-4-10-15)20(23(27)24(21)28)16-11-5-2-6-12-16/h1-14,27-28H. The topological polar surface area (TPSA) is 40.5 Å². The van der Waals surface area contributed by atoms with Crippen LogP contribution in [0.25, 0.3) is 33.4 Å². The summed E-state index contributed by atoms with van der Waals surface area (Å²) in [6, 6.07) is 27.1. The van der Waals surface area contributed by atoms with Gasteiger partial charge >= 0.3 is 0 Å². The largest absolute Gasteiger partial charge is 0.504 e. The van der Waals surface area contributed by atoms with Crippen LogP contribution in [-0.2, 0) is 0 Å². The number of phenolic OH excluding ortho intramolecular Hbond substituents is 2. The molecule has 0 heterocycles. The molecule has 0 aromatic heterocycles. The van der Waals surface area contributed by atoms with E-state index in [1.807, 2.05) is 84.9 Å². The maximum atomic E-state index is 11.1. The Morgan fingerprint density at radius 1 is 0.500 bits per heavy atom. The lowest BCUT2D eigenvalue weighted by atomic mass is 9.89. The van der Waals surface area contributed by atoms with Gasteiger partial charge in [-0.25, -0.2) is 0 Å². The second-order valence-electron chi connectivity index (χ2n) is 6.35. The molecule has 2 nitrogen and oxygen atoms in total. The van der Waals surface area contributed by atoms with Crippen LogP contribution >= 0.6 is 31.9 Å². The minimum atomic E-state index is -0.155. The Bertz CT molecular complexity index is 1140. The van der Waals surface area contributed by atoms with Gasteiger partial charge in [0, 0.05) is 31.2 Å². The maximum Gasteiger partial charge on any atom is 0.167 e. The Balaban J connectivity index is 2.14. The van der Waals surface area contributed by atoms with Crippen molar-refractivity contribution in [2.24, 2.45) is 0 Å². The van der Waals surface area contributed by atoms with E-state index in [1.54, 1.807) is 0 Å². The zero-order valence-electron chi connectivity index (χ0n) is 14.7. The van der Waals surface area contributed by atoms with E-state index in [2.05, 4.69) is 31.9 Å². The molecule has 138 valence electrons. The van der Waals surface area contributed by atoms with Crippen LogP contribution in [0.4, 0.5) is 0 Å². The van der Waals surface area contributed by atoms with E-state index in [0.29, 0.717) is 11.1 Å². The van der Waals surface area contributed by atoms with Crippen LogP contribution in [0, 0.1) is 0 Å². The summed E-state index contributed by atoms with van der Waals surface area (Å²) >= 11 is 7.29. The molecular formula is C24H16Br2O2. The fourth-order valence-electron chi connectivity index (χ4n) is 3.37. The summed E-state index contributed by atoms with van der Waals surface area (Å²) in [5, 5.41) is 22.0. The fraction of sp³-hybridized carbons (Fsp3) is 0. The van der Waals surface area contributed by atoms with Crippen molar-refractivity contribution in [2.75, 3.05) is 0 Å². The van der Waals surface area contributed by atoms with Gasteiger partial charge in [-0.05, 0) is 33.1 Å². The first-order valence-electron chi connectivity index (χ1n) is 8.72. The summed E-state index contributed by atoms with van der Waals surface area (Å²) < 4.78 is 1.55. The summed E-state index contributed by atoms with van der Waals surface area (Å²) in [5.74, 6) is -0.295. The molecule has 0 bridgehead atoms. The van der Waals surface area contributed by atoms with E-state index in [9.17, 15) is 10.2 Å². The van der Waals surface area contributed by atoms with Gasteiger partial charge in [0.25, 0.3) is 0 Å². The molecular weight excluding hydrogens is 480 g/mol. The minimum Gasteiger partial charge on any atom is -0.504 e. The molecule has 4 aromatic rings. The molecule has 4 heteroatoms. The minimum absolute atomic E-state index is 0.140. The predicted octanol–water partition coefficient (Wildman–Crippen LogP) is 7.62. The summed E-state index contributed by atoms with van der Waals surface area (Å²) in [6.07, 6.45) is 0. The van der Waals surface area contributed by atoms with Gasteiger partial charge < -0.3 is 10.2 Å². The van der Waals surface area contributed by atoms with E-state index in [0.717, 1.165) is 31.2 Å². The van der Waals surface area contributed by atoms with Gasteiger partial charge in [0.1, 0.15) is 0 Å². The molecule has 0 atom stereocenters. The number of halogens is 2. The average Bonchev–Trinajstić information content (AvgIpc) is 2.73. The van der Waals surface area contributed by atoms with Crippen molar-refractivity contribution in [2.45, 2.75) is 0 Å². The van der Waals surface area contributed by atoms with Gasteiger partial charge in [-0.15, -0.1) is 0 Å². The molecule has 0 aliphatic rings. The molecule has 4 aromatic carbocycles. The highest BCUT2D eigenvalue weighted by atomic mass is 79.9. The van der Waals surface area contributed by atoms with Crippen LogP contribution < -0.4 is 0 Å². The first-order chi connectivity index (χ1) is 13.6. The third kappa shape index (κ3) is 3.23. The first-order valence-corrected chi connectivity index (χ1v) is 10.3. The Morgan fingerprint density at radius 3 is 1.54 bits per heavy atom. The van der Waals surface area contributed by atoms with Crippen molar-refractivity contribution in [1.82, 2.24) is 0 Å². The lowest BCUT2D eigenvalue weighted by Gasteiger charge is -2.20. The summed E-state index contributed by atoms with van der Waals surface area (Å²) in [5.41, 5.74) is 4.52. The fourth-order valence-corrected chi connectivity index (χ4v) is 4.68. The third-order valence-electron chi connectivity index (χ3n) is 4.66. The van der Waals surface area contributed by atoms with Gasteiger partial charge in [-0.3, -0.25) is 0 Å². The maximum absolute atomic E-state index is 11.1. The Hall–Kier alpha value is -2.56. The normalized spacial score (nSPS) is 10.8. The highest BCUT2D eigenvalue weighted by Crippen LogP contribution is 2.54. The molecule has 0 unspecified atom stereocenters. The molecule has 0 aliphatic carbocycles. The van der Waals surface area contributed by atoms with Crippen LogP contribution in [0.15, 0.2) is 93.9 Å². The second kappa shape index (κ2) is 7.82. The SMILES string of the molecule is Oc1c(O)c(-c2ccccc2)c(-c2ccccc2)c(Br)c1-c1ccccc1Br. The Kier molecular flexibility index (Phi) is 5.25. The van der Waals surface area contributed by atoms with Gasteiger partial charge in [-0.1, -0.05) is 94.8 Å². The monoisotopic (exact) mass is 494 g/mol. The highest BCUT2D eigenvalue weighted by Gasteiger charge is 2.25. The summed E-state index contributed by atoms with van der Waals surface area (Å²) in [4.78, 5) is 0. The zero-order valence-corrected chi connectivity index (χ0v) is 17.9. The second-order valence-corrected chi connectivity index (χ2v) is 8.00. The quantitative estimate of drug-likeness (QED) is 0.287. The van der Waals surface area contributed by atoms with Gasteiger partial charge in [-0.2, -0.15) is 0 Å². The van der Waals surface area contributed by atoms with Crippen LogP contribution in [0.1, 0.15) is 0 Å². The molecule has 4 rings (SSSR count). The van der Waals surface area contributed by atoms with Crippen LogP contribution in [0.3, 0.4) is 0 Å². The lowest BCUT2D eigenvalue weighted by molar-refractivity contribution is 0.406. The van der Waals surface area contributed by atoms with Crippen molar-refractivity contribution in [3.63, 3.8) is 0 Å². The Labute approximate surface area is 180 Å². The van der Waals surface area contributed by atoms with Gasteiger partial charge in [0.05, 0.1) is 0 Å². The summed E-state index contributed by atoms with van der Waals surface area (Å²) in [6.45, 7) is 0. The van der Waals surface area contributed by atoms with E-state index in [-0.39, 0.29) is 11.5 Å². The first kappa shape index (κ1) is 18.8. The molecule has 28 heavy (non-hydrogen) atoms. The predicted molar refractivity (Wildman–Crippen MR) is 121 cm³/mol. The van der Waals surface area contributed by atoms with E-state index in [4.69, 9.17) is 0 Å². The Morgan fingerprint density at radius 2 is 0.964 bits per heavy atom. The van der Waals surface area contributed by atoms with E-state index >= 15 is 0 Å². The molecule has 0 aliphatic heterocycles. The molecule has 0 saturated carbocycles. The molecule has 2 N–H and O–H groups in total. The van der Waals surface area contributed by atoms with Crippen molar-refractivity contribution in [1.29, 1.82) is 0 Å². The van der Waals surface area contributed by atoms with E-state index in [1.165, 1.54) is 0 Å². The molecule has 0 fully saturated rings. The number of phenols is 2. The van der Waals surface area contributed by atoms with E-state index < -0.39 is 0 Å². The van der Waals surface area contributed by atoms with Crippen LogP contribution in [-0.4, -0.2) is 10.2 Å². The number of benzene rings is 4. The lowest BCUT2D eigenvalue weighted by Crippen LogP contribution is -1.93. The van der Waals surface area contributed by atoms with Crippen LogP contribution in [0.2, 0.25) is 0 Å². The number of hydrogen-bond donors (Lipinski definition) is 2. The van der Waals surface area contributed by atoms with Crippen LogP contribution in [0.5, 0.6) is 11.5 Å². The number of rotatable bonds is 3. The van der Waals surface area contributed by atoms with Gasteiger partial charge in [0.2, 0.25) is 0 Å². The molecule has 0 saturated heterocycles. The average molecular weight is 496 g/mol. The highest BCUT2D eigenvalue weighted by molar-refractivity contribution is 9.11. The van der Waals surface area contributed by atoms with Crippen molar-refractivity contribution < 1.29 is 10.2 Å². The van der Waals surface area contributed by atoms with Crippen molar-refractivity contribution in [3.8, 4) is 44.9 Å². The molecule has 0 amide bonds. The van der Waals surface area contributed by atoms with Gasteiger partial charge in [0.15, 0.2) is 11.5 Å². The van der Waals surface area contributed by atoms with Crippen molar-refractivity contribution >= 4 is 31.9 Å². The molecule has 0 spiro atoms. The number of aromatic hydroxyl groups is 2. The van der Waals surface area contributed by atoms with Crippen molar-refractivity contribution in [3.05, 3.63) is 93.9 Å². The summed E-state index contributed by atoms with van der Waals surface area (Å²) in [7, 11) is 0.